The number of hydrogen-bond acceptors (Lipinski definition) is 3. The van der Waals surface area contributed by atoms with Crippen LogP contribution in [0.15, 0.2) is 115 Å². The molecule has 0 radical (unpaired) electrons. The number of aromatic nitrogens is 3. The molecule has 0 atom stereocenters. The highest BCUT2D eigenvalue weighted by atomic mass is 32.1. The molecule has 9 rings (SSSR count). The quantitative estimate of drug-likeness (QED) is 0.217. The zero-order valence-corrected chi connectivity index (χ0v) is 23.5. The molecule has 194 valence electrons. The Kier molecular flexibility index (Phi) is 4.55. The van der Waals surface area contributed by atoms with Gasteiger partial charge < -0.3 is 0 Å². The maximum atomic E-state index is 5.33. The summed E-state index contributed by atoms with van der Waals surface area (Å²) in [5.74, 6) is 0.703. The Morgan fingerprint density at radius 2 is 1.34 bits per heavy atom. The van der Waals surface area contributed by atoms with Gasteiger partial charge in [-0.1, -0.05) is 111 Å². The maximum Gasteiger partial charge on any atom is 0.235 e. The Bertz CT molecular complexity index is 2340. The lowest BCUT2D eigenvalue weighted by atomic mass is 9.81. The second-order valence-electron chi connectivity index (χ2n) is 11.4. The standard InChI is InChI=1S/C37H25N3S/c1-37(2)27-21-20-24-23-14-7-10-18-29(23)40(34(24)31(27)35-32(37)26-16-8-11-19-30(26)41-35)36-38-28-17-9-6-15-25(28)33(39-36)22-12-4-3-5-13-22/h3-21H,1-2H3. The molecule has 1 aliphatic rings. The van der Waals surface area contributed by atoms with E-state index < -0.39 is 0 Å². The number of benzene rings is 5. The van der Waals surface area contributed by atoms with E-state index >= 15 is 0 Å². The van der Waals surface area contributed by atoms with Crippen LogP contribution in [0, 0.1) is 0 Å². The van der Waals surface area contributed by atoms with Crippen molar-refractivity contribution in [2.45, 2.75) is 19.3 Å². The summed E-state index contributed by atoms with van der Waals surface area (Å²) in [4.78, 5) is 11.9. The molecular formula is C37H25N3S. The van der Waals surface area contributed by atoms with E-state index in [9.17, 15) is 0 Å². The fourth-order valence-corrected chi connectivity index (χ4v) is 8.40. The first-order chi connectivity index (χ1) is 20.1. The first kappa shape index (κ1) is 23.0. The van der Waals surface area contributed by atoms with Crippen LogP contribution in [0.4, 0.5) is 0 Å². The molecule has 0 N–H and O–H groups in total. The SMILES string of the molecule is CC1(C)c2ccc3c4ccccc4n(-c4nc(-c5ccccc5)c5ccccc5n4)c3c2-c2sc3ccccc3c21. The van der Waals surface area contributed by atoms with Crippen LogP contribution in [0.25, 0.3) is 70.4 Å². The molecule has 1 aliphatic carbocycles. The number of para-hydroxylation sites is 2. The average molecular weight is 544 g/mol. The van der Waals surface area contributed by atoms with Crippen molar-refractivity contribution in [2.24, 2.45) is 0 Å². The molecule has 0 spiro atoms. The third-order valence-electron chi connectivity index (χ3n) is 8.80. The molecule has 3 aromatic heterocycles. The van der Waals surface area contributed by atoms with Crippen LogP contribution in [-0.4, -0.2) is 14.5 Å². The van der Waals surface area contributed by atoms with Gasteiger partial charge in [0.15, 0.2) is 0 Å². The lowest BCUT2D eigenvalue weighted by Gasteiger charge is -2.22. The molecule has 0 amide bonds. The van der Waals surface area contributed by atoms with Crippen LogP contribution in [0.1, 0.15) is 25.0 Å². The predicted molar refractivity (Wildman–Crippen MR) is 172 cm³/mol. The highest BCUT2D eigenvalue weighted by Gasteiger charge is 2.41. The summed E-state index contributed by atoms with van der Waals surface area (Å²) in [6, 6.07) is 41.0. The Balaban J connectivity index is 1.46. The minimum Gasteiger partial charge on any atom is -0.277 e. The Hall–Kier alpha value is -4.80. The monoisotopic (exact) mass is 543 g/mol. The fraction of sp³-hybridized carbons (Fsp3) is 0.0811. The predicted octanol–water partition coefficient (Wildman–Crippen LogP) is 9.91. The summed E-state index contributed by atoms with van der Waals surface area (Å²) in [5.41, 5.74) is 9.30. The van der Waals surface area contributed by atoms with Crippen molar-refractivity contribution in [1.29, 1.82) is 0 Å². The van der Waals surface area contributed by atoms with Crippen molar-refractivity contribution < 1.29 is 0 Å². The summed E-state index contributed by atoms with van der Waals surface area (Å²) in [7, 11) is 0. The van der Waals surface area contributed by atoms with Crippen LogP contribution >= 0.6 is 11.3 Å². The molecule has 0 unspecified atom stereocenters. The van der Waals surface area contributed by atoms with Crippen molar-refractivity contribution in [3.63, 3.8) is 0 Å². The zero-order valence-electron chi connectivity index (χ0n) is 22.7. The van der Waals surface area contributed by atoms with Gasteiger partial charge in [0.2, 0.25) is 5.95 Å². The molecule has 3 nitrogen and oxygen atoms in total. The van der Waals surface area contributed by atoms with E-state index in [1.165, 1.54) is 47.9 Å². The molecule has 0 aliphatic heterocycles. The second kappa shape index (κ2) is 8.12. The smallest absolute Gasteiger partial charge is 0.235 e. The van der Waals surface area contributed by atoms with Crippen LogP contribution in [0.2, 0.25) is 0 Å². The van der Waals surface area contributed by atoms with Crippen molar-refractivity contribution in [1.82, 2.24) is 14.5 Å². The van der Waals surface area contributed by atoms with Crippen LogP contribution in [-0.2, 0) is 5.41 Å². The normalized spacial score (nSPS) is 13.8. The molecule has 5 aromatic carbocycles. The summed E-state index contributed by atoms with van der Waals surface area (Å²) >= 11 is 1.91. The Labute approximate surface area is 241 Å². The minimum absolute atomic E-state index is 0.112. The lowest BCUT2D eigenvalue weighted by Crippen LogP contribution is -2.15. The van der Waals surface area contributed by atoms with E-state index in [4.69, 9.17) is 9.97 Å². The average Bonchev–Trinajstić information content (AvgIpc) is 3.63. The van der Waals surface area contributed by atoms with Gasteiger partial charge in [0.1, 0.15) is 0 Å². The van der Waals surface area contributed by atoms with Gasteiger partial charge in [-0.25, -0.2) is 9.97 Å². The highest BCUT2D eigenvalue weighted by Crippen LogP contribution is 2.58. The van der Waals surface area contributed by atoms with Crippen molar-refractivity contribution >= 4 is 54.1 Å². The van der Waals surface area contributed by atoms with Gasteiger partial charge in [0, 0.05) is 42.3 Å². The Morgan fingerprint density at radius 3 is 2.20 bits per heavy atom. The van der Waals surface area contributed by atoms with Crippen molar-refractivity contribution in [3.8, 4) is 27.6 Å². The summed E-state index contributed by atoms with van der Waals surface area (Å²) in [6.45, 7) is 4.74. The Morgan fingerprint density at radius 1 is 0.634 bits per heavy atom. The molecule has 3 heterocycles. The van der Waals surface area contributed by atoms with Crippen LogP contribution in [0.3, 0.4) is 0 Å². The number of thiophene rings is 1. The van der Waals surface area contributed by atoms with Gasteiger partial charge in [0.05, 0.1) is 22.2 Å². The number of rotatable bonds is 2. The molecule has 0 saturated carbocycles. The first-order valence-electron chi connectivity index (χ1n) is 14.0. The summed E-state index contributed by atoms with van der Waals surface area (Å²) < 4.78 is 3.65. The van der Waals surface area contributed by atoms with Crippen LogP contribution < -0.4 is 0 Å². The largest absolute Gasteiger partial charge is 0.277 e. The molecule has 0 fully saturated rings. The molecule has 8 aromatic rings. The minimum atomic E-state index is -0.112. The van der Waals surface area contributed by atoms with Gasteiger partial charge in [-0.05, 0) is 34.7 Å². The summed E-state index contributed by atoms with van der Waals surface area (Å²) in [5, 5.41) is 4.87. The van der Waals surface area contributed by atoms with Crippen molar-refractivity contribution in [2.75, 3.05) is 0 Å². The zero-order chi connectivity index (χ0) is 27.3. The number of hydrogen-bond donors (Lipinski definition) is 0. The first-order valence-corrected chi connectivity index (χ1v) is 14.8. The highest BCUT2D eigenvalue weighted by molar-refractivity contribution is 7.22. The molecule has 41 heavy (non-hydrogen) atoms. The van der Waals surface area contributed by atoms with Gasteiger partial charge in [0.25, 0.3) is 0 Å². The fourth-order valence-electron chi connectivity index (χ4n) is 6.97. The van der Waals surface area contributed by atoms with Crippen molar-refractivity contribution in [3.05, 3.63) is 126 Å². The lowest BCUT2D eigenvalue weighted by molar-refractivity contribution is 0.667. The van der Waals surface area contributed by atoms with Crippen LogP contribution in [0.5, 0.6) is 0 Å². The molecule has 0 bridgehead atoms. The third-order valence-corrected chi connectivity index (χ3v) is 9.98. The topological polar surface area (TPSA) is 30.7 Å². The number of nitrogens with zero attached hydrogens (tertiary/aromatic N) is 3. The van der Waals surface area contributed by atoms with E-state index in [0.717, 1.165) is 27.7 Å². The maximum absolute atomic E-state index is 5.33. The molecule has 0 saturated heterocycles. The molecular weight excluding hydrogens is 518 g/mol. The van der Waals surface area contributed by atoms with Gasteiger partial charge >= 0.3 is 0 Å². The molecule has 4 heteroatoms. The van der Waals surface area contributed by atoms with E-state index in [1.807, 2.05) is 17.4 Å². The number of fused-ring (bicyclic) bond motifs is 10. The van der Waals surface area contributed by atoms with Gasteiger partial charge in [-0.15, -0.1) is 11.3 Å². The third kappa shape index (κ3) is 3.03. The van der Waals surface area contributed by atoms with E-state index in [0.29, 0.717) is 5.95 Å². The van der Waals surface area contributed by atoms with E-state index in [2.05, 4.69) is 128 Å². The van der Waals surface area contributed by atoms with E-state index in [1.54, 1.807) is 0 Å². The second-order valence-corrected chi connectivity index (χ2v) is 12.5. The summed E-state index contributed by atoms with van der Waals surface area (Å²) in [6.07, 6.45) is 0. The van der Waals surface area contributed by atoms with Gasteiger partial charge in [-0.2, -0.15) is 0 Å². The van der Waals surface area contributed by atoms with E-state index in [-0.39, 0.29) is 5.41 Å². The van der Waals surface area contributed by atoms with Gasteiger partial charge in [-0.3, -0.25) is 4.57 Å².